The van der Waals surface area contributed by atoms with Crippen LogP contribution in [0.3, 0.4) is 0 Å². The lowest BCUT2D eigenvalue weighted by Gasteiger charge is -2.41. The standard InChI is InChI=1S/C16H23FN2O4/c1-10(2)19(14(22)23-15(3,4)5)16(6,13(20)21)11-7-12(17)9-18-8-11/h7-10H,1-6H3,(H,20,21). The predicted octanol–water partition coefficient (Wildman–Crippen LogP) is 3.17. The van der Waals surface area contributed by atoms with Gasteiger partial charge in [-0.2, -0.15) is 0 Å². The molecule has 128 valence electrons. The van der Waals surface area contributed by atoms with E-state index in [-0.39, 0.29) is 5.56 Å². The fourth-order valence-corrected chi connectivity index (χ4v) is 2.26. The Balaban J connectivity index is 3.43. The normalized spacial score (nSPS) is 14.3. The zero-order valence-corrected chi connectivity index (χ0v) is 14.3. The van der Waals surface area contributed by atoms with Gasteiger partial charge in [-0.05, 0) is 47.6 Å². The number of aliphatic carboxylic acids is 1. The number of rotatable bonds is 4. The summed E-state index contributed by atoms with van der Waals surface area (Å²) in [5.74, 6) is -1.98. The fraction of sp³-hybridized carbons (Fsp3) is 0.562. The highest BCUT2D eigenvalue weighted by Crippen LogP contribution is 2.32. The average Bonchev–Trinajstić information content (AvgIpc) is 2.35. The van der Waals surface area contributed by atoms with Gasteiger partial charge in [0.05, 0.1) is 6.20 Å². The Morgan fingerprint density at radius 3 is 2.22 bits per heavy atom. The summed E-state index contributed by atoms with van der Waals surface area (Å²) in [7, 11) is 0. The van der Waals surface area contributed by atoms with Crippen molar-refractivity contribution in [3.8, 4) is 0 Å². The number of pyridine rings is 1. The van der Waals surface area contributed by atoms with Crippen molar-refractivity contribution in [1.82, 2.24) is 9.88 Å². The molecule has 1 aromatic rings. The van der Waals surface area contributed by atoms with E-state index in [4.69, 9.17) is 4.74 Å². The van der Waals surface area contributed by atoms with E-state index in [1.807, 2.05) is 0 Å². The second-order valence-electron chi connectivity index (χ2n) is 6.71. The number of carboxylic acids is 1. The van der Waals surface area contributed by atoms with Gasteiger partial charge in [-0.25, -0.2) is 14.0 Å². The summed E-state index contributed by atoms with van der Waals surface area (Å²) in [4.78, 5) is 29.3. The quantitative estimate of drug-likeness (QED) is 0.919. The first-order valence-electron chi connectivity index (χ1n) is 7.26. The third-order valence-corrected chi connectivity index (χ3v) is 3.27. The summed E-state index contributed by atoms with van der Waals surface area (Å²) in [6, 6.07) is 0.565. The molecule has 23 heavy (non-hydrogen) atoms. The van der Waals surface area contributed by atoms with Crippen molar-refractivity contribution in [3.63, 3.8) is 0 Å². The maximum Gasteiger partial charge on any atom is 0.411 e. The van der Waals surface area contributed by atoms with Gasteiger partial charge in [-0.15, -0.1) is 0 Å². The number of carbonyl (C=O) groups excluding carboxylic acids is 1. The first-order valence-corrected chi connectivity index (χ1v) is 7.26. The Morgan fingerprint density at radius 1 is 1.26 bits per heavy atom. The van der Waals surface area contributed by atoms with Gasteiger partial charge in [-0.1, -0.05) is 0 Å². The van der Waals surface area contributed by atoms with Crippen molar-refractivity contribution in [2.75, 3.05) is 0 Å². The summed E-state index contributed by atoms with van der Waals surface area (Å²) in [5.41, 5.74) is -2.54. The molecule has 0 saturated carbocycles. The molecule has 1 rings (SSSR count). The first kappa shape index (κ1) is 18.9. The van der Waals surface area contributed by atoms with Gasteiger partial charge in [0.15, 0.2) is 5.54 Å². The highest BCUT2D eigenvalue weighted by atomic mass is 19.1. The van der Waals surface area contributed by atoms with E-state index in [0.29, 0.717) is 0 Å². The predicted molar refractivity (Wildman–Crippen MR) is 82.4 cm³/mol. The Kier molecular flexibility index (Phi) is 5.35. The molecule has 1 atom stereocenters. The summed E-state index contributed by atoms with van der Waals surface area (Å²) in [6.07, 6.45) is 1.41. The van der Waals surface area contributed by atoms with Crippen molar-refractivity contribution >= 4 is 12.1 Å². The van der Waals surface area contributed by atoms with Crippen LogP contribution in [-0.4, -0.2) is 38.7 Å². The lowest BCUT2D eigenvalue weighted by molar-refractivity contribution is -0.152. The molecule has 0 aliphatic heterocycles. The van der Waals surface area contributed by atoms with E-state index in [1.54, 1.807) is 34.6 Å². The van der Waals surface area contributed by atoms with Crippen LogP contribution in [0.25, 0.3) is 0 Å². The first-order chi connectivity index (χ1) is 10.4. The second-order valence-corrected chi connectivity index (χ2v) is 6.71. The molecule has 0 fully saturated rings. The van der Waals surface area contributed by atoms with Gasteiger partial charge >= 0.3 is 12.1 Å². The maximum absolute atomic E-state index is 13.5. The van der Waals surface area contributed by atoms with Crippen LogP contribution in [0.15, 0.2) is 18.5 Å². The van der Waals surface area contributed by atoms with Gasteiger partial charge < -0.3 is 9.84 Å². The van der Waals surface area contributed by atoms with Crippen LogP contribution in [0.5, 0.6) is 0 Å². The molecule has 0 saturated heterocycles. The van der Waals surface area contributed by atoms with Crippen LogP contribution in [0, 0.1) is 5.82 Å². The minimum atomic E-state index is -1.81. The summed E-state index contributed by atoms with van der Waals surface area (Å²) in [5, 5.41) is 9.74. The Bertz CT molecular complexity index is 598. The van der Waals surface area contributed by atoms with Crippen LogP contribution in [0.4, 0.5) is 9.18 Å². The van der Waals surface area contributed by atoms with Gasteiger partial charge in [0.2, 0.25) is 0 Å². The summed E-state index contributed by atoms with van der Waals surface area (Å²) >= 11 is 0. The number of amides is 1. The number of aromatic nitrogens is 1. The van der Waals surface area contributed by atoms with Gasteiger partial charge in [0.25, 0.3) is 0 Å². The van der Waals surface area contributed by atoms with E-state index in [2.05, 4.69) is 4.98 Å². The smallest absolute Gasteiger partial charge is 0.411 e. The molecular formula is C16H23FN2O4. The molecule has 1 aromatic heterocycles. The number of halogens is 1. The minimum absolute atomic E-state index is 0.0598. The lowest BCUT2D eigenvalue weighted by atomic mass is 9.90. The molecule has 1 heterocycles. The Morgan fingerprint density at radius 2 is 1.83 bits per heavy atom. The molecule has 0 aromatic carbocycles. The van der Waals surface area contributed by atoms with Crippen molar-refractivity contribution in [1.29, 1.82) is 0 Å². The number of carbonyl (C=O) groups is 2. The average molecular weight is 326 g/mol. The molecule has 7 heteroatoms. The number of carboxylic acid groups (broad SMARTS) is 1. The molecular weight excluding hydrogens is 303 g/mol. The zero-order valence-electron chi connectivity index (χ0n) is 14.3. The van der Waals surface area contributed by atoms with Crippen LogP contribution < -0.4 is 0 Å². The largest absolute Gasteiger partial charge is 0.479 e. The molecule has 1 N–H and O–H groups in total. The van der Waals surface area contributed by atoms with Crippen LogP contribution >= 0.6 is 0 Å². The van der Waals surface area contributed by atoms with Crippen molar-refractivity contribution in [2.45, 2.75) is 58.7 Å². The van der Waals surface area contributed by atoms with E-state index < -0.39 is 35.1 Å². The molecule has 0 aliphatic carbocycles. The fourth-order valence-electron chi connectivity index (χ4n) is 2.26. The highest BCUT2D eigenvalue weighted by Gasteiger charge is 2.47. The van der Waals surface area contributed by atoms with Crippen molar-refractivity contribution in [2.24, 2.45) is 0 Å². The molecule has 0 radical (unpaired) electrons. The summed E-state index contributed by atoms with van der Waals surface area (Å²) in [6.45, 7) is 9.72. The zero-order chi connectivity index (χ0) is 18.0. The molecule has 1 amide bonds. The topological polar surface area (TPSA) is 79.7 Å². The Hall–Kier alpha value is -2.18. The molecule has 0 aliphatic rings. The minimum Gasteiger partial charge on any atom is -0.479 e. The maximum atomic E-state index is 13.5. The van der Waals surface area contributed by atoms with Crippen LogP contribution in [0.1, 0.15) is 47.1 Å². The van der Waals surface area contributed by atoms with Gasteiger partial charge in [-0.3, -0.25) is 9.88 Å². The molecule has 0 bridgehead atoms. The number of hydrogen-bond donors (Lipinski definition) is 1. The molecule has 0 spiro atoms. The van der Waals surface area contributed by atoms with Gasteiger partial charge in [0.1, 0.15) is 11.4 Å². The number of nitrogens with zero attached hydrogens (tertiary/aromatic N) is 2. The van der Waals surface area contributed by atoms with Crippen molar-refractivity contribution in [3.05, 3.63) is 29.8 Å². The third kappa shape index (κ3) is 4.18. The van der Waals surface area contributed by atoms with Crippen molar-refractivity contribution < 1.29 is 23.8 Å². The van der Waals surface area contributed by atoms with E-state index in [9.17, 15) is 19.1 Å². The number of ether oxygens (including phenoxy) is 1. The molecule has 1 unspecified atom stereocenters. The second kappa shape index (κ2) is 6.52. The highest BCUT2D eigenvalue weighted by molar-refractivity contribution is 5.85. The SMILES string of the molecule is CC(C)N(C(=O)OC(C)(C)C)C(C)(C(=O)O)c1cncc(F)c1. The Labute approximate surface area is 135 Å². The van der Waals surface area contributed by atoms with Crippen LogP contribution in [-0.2, 0) is 15.1 Å². The third-order valence-electron chi connectivity index (χ3n) is 3.27. The van der Waals surface area contributed by atoms with E-state index in [1.165, 1.54) is 13.1 Å². The molecule has 6 nitrogen and oxygen atoms in total. The van der Waals surface area contributed by atoms with Crippen LogP contribution in [0.2, 0.25) is 0 Å². The number of hydrogen-bond acceptors (Lipinski definition) is 4. The monoisotopic (exact) mass is 326 g/mol. The van der Waals surface area contributed by atoms with E-state index >= 15 is 0 Å². The van der Waals surface area contributed by atoms with E-state index in [0.717, 1.165) is 17.2 Å². The lowest BCUT2D eigenvalue weighted by Crippen LogP contribution is -2.56. The summed E-state index contributed by atoms with van der Waals surface area (Å²) < 4.78 is 18.8. The van der Waals surface area contributed by atoms with Gasteiger partial charge in [0, 0.05) is 17.8 Å².